The van der Waals surface area contributed by atoms with Gasteiger partial charge in [0.25, 0.3) is 10.0 Å². The summed E-state index contributed by atoms with van der Waals surface area (Å²) in [6, 6.07) is 9.62. The monoisotopic (exact) mass is 355 g/mol. The van der Waals surface area contributed by atoms with Crippen molar-refractivity contribution in [2.45, 2.75) is 18.7 Å². The second-order valence-electron chi connectivity index (χ2n) is 4.82. The van der Waals surface area contributed by atoms with Crippen LogP contribution in [-0.4, -0.2) is 22.1 Å². The molecule has 0 bridgehead atoms. The van der Waals surface area contributed by atoms with Gasteiger partial charge >= 0.3 is 0 Å². The summed E-state index contributed by atoms with van der Waals surface area (Å²) < 4.78 is 38.1. The largest absolute Gasteiger partial charge is 0.495 e. The molecule has 0 spiro atoms. The molecule has 0 radical (unpaired) electrons. The molecule has 0 aliphatic rings. The SMILES string of the molecule is CCOc1ccc(NS(=O)(=O)c2cc(Cl)c(C)cc2OC)cc1. The summed E-state index contributed by atoms with van der Waals surface area (Å²) in [6.45, 7) is 4.20. The van der Waals surface area contributed by atoms with Crippen LogP contribution in [0.15, 0.2) is 41.3 Å². The molecule has 0 aliphatic carbocycles. The van der Waals surface area contributed by atoms with Crippen LogP contribution < -0.4 is 14.2 Å². The van der Waals surface area contributed by atoms with E-state index in [0.29, 0.717) is 23.1 Å². The van der Waals surface area contributed by atoms with Gasteiger partial charge in [-0.05, 0) is 55.8 Å². The van der Waals surface area contributed by atoms with Gasteiger partial charge in [0.1, 0.15) is 16.4 Å². The Labute approximate surface area is 141 Å². The van der Waals surface area contributed by atoms with Crippen molar-refractivity contribution >= 4 is 27.3 Å². The van der Waals surface area contributed by atoms with Gasteiger partial charge in [0.05, 0.1) is 13.7 Å². The highest BCUT2D eigenvalue weighted by atomic mass is 35.5. The molecule has 0 unspecified atom stereocenters. The van der Waals surface area contributed by atoms with Gasteiger partial charge in [-0.15, -0.1) is 0 Å². The van der Waals surface area contributed by atoms with Gasteiger partial charge in [-0.2, -0.15) is 0 Å². The van der Waals surface area contributed by atoms with Crippen LogP contribution in [0.4, 0.5) is 5.69 Å². The van der Waals surface area contributed by atoms with E-state index in [0.717, 1.165) is 5.56 Å². The number of benzene rings is 2. The van der Waals surface area contributed by atoms with Gasteiger partial charge in [0, 0.05) is 10.7 Å². The molecule has 0 saturated heterocycles. The van der Waals surface area contributed by atoms with E-state index in [2.05, 4.69) is 4.72 Å². The topological polar surface area (TPSA) is 64.6 Å². The maximum Gasteiger partial charge on any atom is 0.265 e. The van der Waals surface area contributed by atoms with Crippen molar-refractivity contribution in [1.82, 2.24) is 0 Å². The Morgan fingerprint density at radius 2 is 1.83 bits per heavy atom. The van der Waals surface area contributed by atoms with Crippen LogP contribution in [0.25, 0.3) is 0 Å². The zero-order chi connectivity index (χ0) is 17.0. The van der Waals surface area contributed by atoms with Crippen LogP contribution in [0, 0.1) is 6.92 Å². The third-order valence-electron chi connectivity index (χ3n) is 3.15. The first kappa shape index (κ1) is 17.4. The lowest BCUT2D eigenvalue weighted by molar-refractivity contribution is 0.340. The number of hydrogen-bond donors (Lipinski definition) is 1. The number of nitrogens with one attached hydrogen (secondary N) is 1. The van der Waals surface area contributed by atoms with Crippen molar-refractivity contribution in [1.29, 1.82) is 0 Å². The molecule has 124 valence electrons. The van der Waals surface area contributed by atoms with Crippen molar-refractivity contribution < 1.29 is 17.9 Å². The smallest absolute Gasteiger partial charge is 0.265 e. The average molecular weight is 356 g/mol. The minimum absolute atomic E-state index is 0.00974. The van der Waals surface area contributed by atoms with Gasteiger partial charge in [-0.1, -0.05) is 11.6 Å². The minimum atomic E-state index is -3.82. The fourth-order valence-electron chi connectivity index (χ4n) is 2.00. The molecule has 2 aromatic rings. The number of methoxy groups -OCH3 is 1. The van der Waals surface area contributed by atoms with Crippen molar-refractivity contribution in [3.8, 4) is 11.5 Å². The Morgan fingerprint density at radius 3 is 2.39 bits per heavy atom. The summed E-state index contributed by atoms with van der Waals surface area (Å²) in [4.78, 5) is -0.00974. The number of aryl methyl sites for hydroxylation is 1. The van der Waals surface area contributed by atoms with Crippen LogP contribution in [-0.2, 0) is 10.0 Å². The summed E-state index contributed by atoms with van der Waals surface area (Å²) in [5.41, 5.74) is 1.16. The van der Waals surface area contributed by atoms with Gasteiger partial charge < -0.3 is 9.47 Å². The highest BCUT2D eigenvalue weighted by Crippen LogP contribution is 2.31. The number of halogens is 1. The molecule has 2 aromatic carbocycles. The summed E-state index contributed by atoms with van der Waals surface area (Å²) in [5.74, 6) is 0.914. The highest BCUT2D eigenvalue weighted by Gasteiger charge is 2.21. The molecule has 0 aliphatic heterocycles. The van der Waals surface area contributed by atoms with E-state index in [4.69, 9.17) is 21.1 Å². The zero-order valence-electron chi connectivity index (χ0n) is 13.1. The molecule has 1 N–H and O–H groups in total. The lowest BCUT2D eigenvalue weighted by atomic mass is 10.2. The molecular weight excluding hydrogens is 338 g/mol. The average Bonchev–Trinajstić information content (AvgIpc) is 2.51. The van der Waals surface area contributed by atoms with E-state index in [-0.39, 0.29) is 10.6 Å². The molecule has 7 heteroatoms. The first-order valence-electron chi connectivity index (χ1n) is 6.97. The van der Waals surface area contributed by atoms with E-state index < -0.39 is 10.0 Å². The van der Waals surface area contributed by atoms with Crippen LogP contribution in [0.3, 0.4) is 0 Å². The molecule has 0 amide bonds. The molecule has 0 aromatic heterocycles. The Kier molecular flexibility index (Phi) is 5.38. The third kappa shape index (κ3) is 4.09. The van der Waals surface area contributed by atoms with Crippen molar-refractivity contribution in [3.63, 3.8) is 0 Å². The Bertz CT molecular complexity index is 788. The summed E-state index contributed by atoms with van der Waals surface area (Å²) in [5, 5.41) is 0.359. The normalized spacial score (nSPS) is 11.1. The van der Waals surface area contributed by atoms with Gasteiger partial charge in [-0.3, -0.25) is 4.72 Å². The lowest BCUT2D eigenvalue weighted by Crippen LogP contribution is -2.14. The first-order valence-corrected chi connectivity index (χ1v) is 8.83. The number of ether oxygens (including phenoxy) is 2. The number of sulfonamides is 1. The van der Waals surface area contributed by atoms with E-state index in [1.165, 1.54) is 13.2 Å². The van der Waals surface area contributed by atoms with Crippen LogP contribution in [0.5, 0.6) is 11.5 Å². The molecule has 0 heterocycles. The minimum Gasteiger partial charge on any atom is -0.495 e. The van der Waals surface area contributed by atoms with Crippen LogP contribution in [0.2, 0.25) is 5.02 Å². The second kappa shape index (κ2) is 7.10. The predicted molar refractivity (Wildman–Crippen MR) is 91.2 cm³/mol. The van der Waals surface area contributed by atoms with E-state index in [9.17, 15) is 8.42 Å². The summed E-state index contributed by atoms with van der Waals surface area (Å²) in [6.07, 6.45) is 0. The number of hydrogen-bond acceptors (Lipinski definition) is 4. The highest BCUT2D eigenvalue weighted by molar-refractivity contribution is 7.92. The van der Waals surface area contributed by atoms with E-state index in [1.807, 2.05) is 6.92 Å². The second-order valence-corrected chi connectivity index (χ2v) is 6.87. The van der Waals surface area contributed by atoms with E-state index >= 15 is 0 Å². The standard InChI is InChI=1S/C16H18ClNO4S/c1-4-22-13-7-5-12(6-8-13)18-23(19,20)16-10-14(17)11(2)9-15(16)21-3/h5-10,18H,4H2,1-3H3. The first-order chi connectivity index (χ1) is 10.9. The van der Waals surface area contributed by atoms with Crippen LogP contribution >= 0.6 is 11.6 Å². The van der Waals surface area contributed by atoms with Gasteiger partial charge in [0.2, 0.25) is 0 Å². The third-order valence-corrected chi connectivity index (χ3v) is 4.96. The quantitative estimate of drug-likeness (QED) is 0.854. The Balaban J connectivity index is 2.33. The molecule has 0 saturated carbocycles. The summed E-state index contributed by atoms with van der Waals surface area (Å²) >= 11 is 6.04. The lowest BCUT2D eigenvalue weighted by Gasteiger charge is -2.13. The van der Waals surface area contributed by atoms with Crippen molar-refractivity contribution in [3.05, 3.63) is 47.0 Å². The predicted octanol–water partition coefficient (Wildman–Crippen LogP) is 3.86. The maximum atomic E-state index is 12.6. The van der Waals surface area contributed by atoms with Crippen LogP contribution in [0.1, 0.15) is 12.5 Å². The summed E-state index contributed by atoms with van der Waals surface area (Å²) in [7, 11) is -2.41. The molecular formula is C16H18ClNO4S. The fraction of sp³-hybridized carbons (Fsp3) is 0.250. The fourth-order valence-corrected chi connectivity index (χ4v) is 3.47. The van der Waals surface area contributed by atoms with E-state index in [1.54, 1.807) is 37.3 Å². The van der Waals surface area contributed by atoms with Crippen molar-refractivity contribution in [2.75, 3.05) is 18.4 Å². The molecule has 0 fully saturated rings. The van der Waals surface area contributed by atoms with Gasteiger partial charge in [-0.25, -0.2) is 8.42 Å². The Morgan fingerprint density at radius 1 is 1.17 bits per heavy atom. The molecule has 5 nitrogen and oxygen atoms in total. The van der Waals surface area contributed by atoms with Gasteiger partial charge in [0.15, 0.2) is 0 Å². The maximum absolute atomic E-state index is 12.6. The molecule has 2 rings (SSSR count). The number of anilines is 1. The molecule has 0 atom stereocenters. The number of rotatable bonds is 6. The zero-order valence-corrected chi connectivity index (χ0v) is 14.7. The van der Waals surface area contributed by atoms with Crippen molar-refractivity contribution in [2.24, 2.45) is 0 Å². The Hall–Kier alpha value is -1.92. The molecule has 23 heavy (non-hydrogen) atoms.